The predicted octanol–water partition coefficient (Wildman–Crippen LogP) is 6.59. The van der Waals surface area contributed by atoms with Crippen LogP contribution in [-0.2, 0) is 46.9 Å². The molecule has 15 nitrogen and oxygen atoms in total. The van der Waals surface area contributed by atoms with Crippen LogP contribution in [0, 0.1) is 29.1 Å². The van der Waals surface area contributed by atoms with Crippen LogP contribution < -0.4 is 14.2 Å². The van der Waals surface area contributed by atoms with Gasteiger partial charge in [-0.15, -0.1) is 16.8 Å². The SMILES string of the molecule is C=C[C@@H]1C[C@]1(CC(=O)[C@@H]1C[C@@H]2CN1C(=O)[C@H](C1CCCC1)CC(=O)O[C@@H]1CCC[C@H]1CC/C=C/Cc1c(nc3ccccc3c1OCCCn1cnnc1)O2)C(=O)NS(=O)(=O)C1(C)CC1. The van der Waals surface area contributed by atoms with Crippen molar-refractivity contribution in [3.8, 4) is 11.6 Å². The Balaban J connectivity index is 1.06. The predicted molar refractivity (Wildman–Crippen MR) is 241 cm³/mol. The van der Waals surface area contributed by atoms with Crippen LogP contribution in [-0.4, -0.2) is 92.8 Å². The lowest BCUT2D eigenvalue weighted by Crippen LogP contribution is -2.48. The number of hydrogen-bond acceptors (Lipinski definition) is 12. The quantitative estimate of drug-likeness (QED) is 0.110. The first kappa shape index (κ1) is 45.1. The van der Waals surface area contributed by atoms with E-state index in [0.717, 1.165) is 68.7 Å². The lowest BCUT2D eigenvalue weighted by molar-refractivity contribution is -0.156. The first-order valence-electron chi connectivity index (χ1n) is 23.8. The summed E-state index contributed by atoms with van der Waals surface area (Å²) in [7, 11) is -3.97. The third kappa shape index (κ3) is 9.46. The molecular formula is C49H62N6O9S. The minimum absolute atomic E-state index is 0.0495. The van der Waals surface area contributed by atoms with Gasteiger partial charge in [-0.25, -0.2) is 13.4 Å². The molecule has 2 aromatic heterocycles. The van der Waals surface area contributed by atoms with Crippen LogP contribution in [0.15, 0.2) is 61.7 Å². The van der Waals surface area contributed by atoms with E-state index in [2.05, 4.69) is 33.7 Å². The van der Waals surface area contributed by atoms with Gasteiger partial charge < -0.3 is 23.7 Å². The molecule has 4 heterocycles. The maximum atomic E-state index is 15.2. The monoisotopic (exact) mass is 910 g/mol. The average molecular weight is 911 g/mol. The Hall–Kier alpha value is -5.12. The van der Waals surface area contributed by atoms with Gasteiger partial charge in [-0.2, -0.15) is 0 Å². The molecule has 4 aliphatic carbocycles. The highest BCUT2D eigenvalue weighted by molar-refractivity contribution is 7.91. The topological polar surface area (TPSA) is 189 Å². The molecule has 0 unspecified atom stereocenters. The summed E-state index contributed by atoms with van der Waals surface area (Å²) >= 11 is 0. The second-order valence-electron chi connectivity index (χ2n) is 19.7. The minimum Gasteiger partial charge on any atom is -0.492 e. The number of Topliss-reactive ketones (excluding diaryl/α,β-unsaturated/α-hetero) is 1. The summed E-state index contributed by atoms with van der Waals surface area (Å²) in [6.07, 6.45) is 18.2. The van der Waals surface area contributed by atoms with Gasteiger partial charge in [0.1, 0.15) is 30.6 Å². The fourth-order valence-corrected chi connectivity index (χ4v) is 12.3. The fraction of sp³-hybridized carbons (Fsp3) is 0.612. The molecule has 1 saturated heterocycles. The zero-order chi connectivity index (χ0) is 45.3. The normalized spacial score (nSPS) is 29.7. The molecule has 2 aliphatic heterocycles. The van der Waals surface area contributed by atoms with Crippen molar-refractivity contribution in [2.24, 2.45) is 29.1 Å². The number of rotatable bonds is 13. The molecule has 65 heavy (non-hydrogen) atoms. The number of allylic oxidation sites excluding steroid dienone is 3. The maximum Gasteiger partial charge on any atom is 0.306 e. The number of benzene rings is 1. The molecule has 16 heteroatoms. The Kier molecular flexibility index (Phi) is 12.9. The van der Waals surface area contributed by atoms with E-state index >= 15 is 4.79 Å². The highest BCUT2D eigenvalue weighted by Crippen LogP contribution is 2.57. The van der Waals surface area contributed by atoms with E-state index in [-0.39, 0.29) is 67.8 Å². The zero-order valence-corrected chi connectivity index (χ0v) is 38.2. The lowest BCUT2D eigenvalue weighted by atomic mass is 9.86. The van der Waals surface area contributed by atoms with Crippen molar-refractivity contribution in [3.63, 3.8) is 0 Å². The van der Waals surface area contributed by atoms with Crippen molar-refractivity contribution < 1.29 is 41.8 Å². The van der Waals surface area contributed by atoms with Crippen molar-refractivity contribution in [1.29, 1.82) is 0 Å². The highest BCUT2D eigenvalue weighted by atomic mass is 32.2. The Morgan fingerprint density at radius 1 is 1.00 bits per heavy atom. The van der Waals surface area contributed by atoms with Gasteiger partial charge >= 0.3 is 5.97 Å². The molecule has 7 atom stereocenters. The van der Waals surface area contributed by atoms with Crippen molar-refractivity contribution >= 4 is 44.5 Å². The van der Waals surface area contributed by atoms with Crippen molar-refractivity contribution in [1.82, 2.24) is 29.4 Å². The van der Waals surface area contributed by atoms with Crippen LogP contribution in [0.2, 0.25) is 0 Å². The summed E-state index contributed by atoms with van der Waals surface area (Å²) in [5, 5.41) is 8.66. The van der Waals surface area contributed by atoms with Gasteiger partial charge in [-0.05, 0) is 114 Å². The molecule has 9 rings (SSSR count). The van der Waals surface area contributed by atoms with Crippen LogP contribution >= 0.6 is 0 Å². The third-order valence-corrected chi connectivity index (χ3v) is 17.5. The van der Waals surface area contributed by atoms with Gasteiger partial charge in [0.2, 0.25) is 27.7 Å². The zero-order valence-electron chi connectivity index (χ0n) is 37.4. The number of pyridine rings is 1. The number of ether oxygens (including phenoxy) is 3. The van der Waals surface area contributed by atoms with Crippen LogP contribution in [0.3, 0.4) is 0 Å². The largest absolute Gasteiger partial charge is 0.492 e. The molecule has 0 radical (unpaired) electrons. The Morgan fingerprint density at radius 2 is 1.77 bits per heavy atom. The Morgan fingerprint density at radius 3 is 2.52 bits per heavy atom. The molecule has 4 saturated carbocycles. The number of nitrogens with zero attached hydrogens (tertiary/aromatic N) is 5. The van der Waals surface area contributed by atoms with E-state index in [9.17, 15) is 22.8 Å². The van der Waals surface area contributed by atoms with Crippen LogP contribution in [0.25, 0.3) is 10.9 Å². The molecule has 0 spiro atoms. The number of nitrogens with one attached hydrogen (secondary N) is 1. The van der Waals surface area contributed by atoms with Gasteiger partial charge in [-0.3, -0.25) is 23.9 Å². The van der Waals surface area contributed by atoms with E-state index in [1.807, 2.05) is 28.8 Å². The van der Waals surface area contributed by atoms with Gasteiger partial charge in [0.15, 0.2) is 5.78 Å². The van der Waals surface area contributed by atoms with E-state index in [4.69, 9.17) is 19.2 Å². The highest BCUT2D eigenvalue weighted by Gasteiger charge is 2.62. The summed E-state index contributed by atoms with van der Waals surface area (Å²) in [4.78, 5) is 64.6. The molecular weight excluding hydrogens is 849 g/mol. The second kappa shape index (κ2) is 18.6. The molecule has 348 valence electrons. The van der Waals surface area contributed by atoms with Crippen LogP contribution in [0.4, 0.5) is 0 Å². The number of aryl methyl sites for hydroxylation is 1. The maximum absolute atomic E-state index is 15.2. The summed E-state index contributed by atoms with van der Waals surface area (Å²) in [5.74, 6) is -1.71. The van der Waals surface area contributed by atoms with Gasteiger partial charge in [-0.1, -0.05) is 43.2 Å². The van der Waals surface area contributed by atoms with Gasteiger partial charge in [0.05, 0.1) is 52.8 Å². The number of ketones is 1. The number of amides is 2. The second-order valence-corrected chi connectivity index (χ2v) is 21.9. The molecule has 2 bridgehead atoms. The molecule has 5 fully saturated rings. The minimum atomic E-state index is -3.97. The van der Waals surface area contributed by atoms with E-state index in [1.54, 1.807) is 30.6 Å². The number of carbonyl (C=O) groups excluding carboxylic acids is 4. The van der Waals surface area contributed by atoms with Crippen molar-refractivity contribution in [3.05, 3.63) is 67.3 Å². The van der Waals surface area contributed by atoms with Crippen molar-refractivity contribution in [2.75, 3.05) is 13.2 Å². The number of carbonyl (C=O) groups is 4. The van der Waals surface area contributed by atoms with Gasteiger partial charge in [0.25, 0.3) is 0 Å². The number of sulfonamides is 1. The lowest BCUT2D eigenvalue weighted by Gasteiger charge is -2.31. The number of fused-ring (bicyclic) bond motifs is 5. The molecule has 2 amide bonds. The fourth-order valence-electron chi connectivity index (χ4n) is 10.9. The Bertz CT molecular complexity index is 2430. The van der Waals surface area contributed by atoms with Crippen LogP contribution in [0.1, 0.15) is 115 Å². The number of esters is 1. The van der Waals surface area contributed by atoms with E-state index in [1.165, 1.54) is 0 Å². The first-order valence-corrected chi connectivity index (χ1v) is 25.3. The van der Waals surface area contributed by atoms with E-state index < -0.39 is 50.1 Å². The van der Waals surface area contributed by atoms with Crippen LogP contribution in [0.5, 0.6) is 11.6 Å². The van der Waals surface area contributed by atoms with E-state index in [0.29, 0.717) is 56.0 Å². The van der Waals surface area contributed by atoms with Crippen molar-refractivity contribution in [2.45, 2.75) is 146 Å². The molecule has 3 aromatic rings. The standard InChI is InChI=1S/C49H62N6O9S/c1-3-34-27-49(34,47(59)53-65(60,61)48(2)21-22-48)28-41(56)40-25-35-29-55(40)46(58)38(32-13-7-8-14-32)26-43(57)64-42-20-11-16-33(42)15-5-4-6-18-37-44(62-24-12-23-54-30-50-51-31-54)36-17-9-10-19-39(36)52-45(37)63-35/h3-4,6,9-10,17,19,30-35,38,40,42H,1,5,7-8,11-16,18,20-29H2,2H3,(H,53,59)/b6-4+/t33-,34-,35-,38+,40+,42-,49-/m1/s1. The molecule has 1 aromatic carbocycles. The number of para-hydroxylation sites is 1. The smallest absolute Gasteiger partial charge is 0.306 e. The first-order chi connectivity index (χ1) is 31.4. The average Bonchev–Trinajstić information content (AvgIpc) is 3.73. The number of hydrogen-bond donors (Lipinski definition) is 1. The molecule has 1 N–H and O–H groups in total. The summed E-state index contributed by atoms with van der Waals surface area (Å²) in [6.45, 7) is 6.63. The third-order valence-electron chi connectivity index (χ3n) is 15.3. The summed E-state index contributed by atoms with van der Waals surface area (Å²) in [5.41, 5.74) is 0.107. The summed E-state index contributed by atoms with van der Waals surface area (Å²) in [6, 6.07) is 6.75. The van der Waals surface area contributed by atoms with Gasteiger partial charge in [0, 0.05) is 24.8 Å². The number of aromatic nitrogens is 4. The molecule has 6 aliphatic rings. The summed E-state index contributed by atoms with van der Waals surface area (Å²) < 4.78 is 49.5. The Labute approximate surface area is 381 Å².